The minimum atomic E-state index is -1.13. The maximum absolute atomic E-state index is 11.5. The summed E-state index contributed by atoms with van der Waals surface area (Å²) >= 11 is 0. The van der Waals surface area contributed by atoms with E-state index in [0.29, 0.717) is 32.4 Å². The van der Waals surface area contributed by atoms with Crippen molar-refractivity contribution in [1.82, 2.24) is 4.90 Å². The number of ketones is 1. The summed E-state index contributed by atoms with van der Waals surface area (Å²) in [5.74, 6) is -1.01. The third-order valence-electron chi connectivity index (χ3n) is 2.45. The van der Waals surface area contributed by atoms with E-state index in [1.54, 1.807) is 4.90 Å². The maximum Gasteiger partial charge on any atom is 0.222 e. The molecule has 0 aromatic rings. The van der Waals surface area contributed by atoms with Crippen molar-refractivity contribution < 1.29 is 19.5 Å². The van der Waals surface area contributed by atoms with Crippen molar-refractivity contribution in [2.24, 2.45) is 0 Å². The minimum absolute atomic E-state index is 0.0660. The first kappa shape index (κ1) is 11.7. The van der Waals surface area contributed by atoms with Crippen LogP contribution in [0.3, 0.4) is 0 Å². The first-order chi connectivity index (χ1) is 7.09. The van der Waals surface area contributed by atoms with Crippen LogP contribution in [0, 0.1) is 0 Å². The van der Waals surface area contributed by atoms with E-state index in [1.807, 2.05) is 0 Å². The largest absolute Gasteiger partial charge is 0.550 e. The molecule has 0 bridgehead atoms. The van der Waals surface area contributed by atoms with Gasteiger partial charge in [0.05, 0.1) is 0 Å². The highest BCUT2D eigenvalue weighted by molar-refractivity contribution is 5.83. The molecule has 0 saturated carbocycles. The minimum Gasteiger partial charge on any atom is -0.550 e. The van der Waals surface area contributed by atoms with Gasteiger partial charge in [-0.1, -0.05) is 0 Å². The van der Waals surface area contributed by atoms with Crippen LogP contribution in [-0.2, 0) is 14.4 Å². The average Bonchev–Trinajstić information content (AvgIpc) is 2.18. The molecule has 1 heterocycles. The van der Waals surface area contributed by atoms with Crippen LogP contribution in [0.15, 0.2) is 0 Å². The summed E-state index contributed by atoms with van der Waals surface area (Å²) in [5, 5.41) is 10.1. The summed E-state index contributed by atoms with van der Waals surface area (Å²) in [5.41, 5.74) is 0. The van der Waals surface area contributed by atoms with Crippen molar-refractivity contribution in [3.63, 3.8) is 0 Å². The molecule has 5 heteroatoms. The lowest BCUT2D eigenvalue weighted by Gasteiger charge is -2.26. The Labute approximate surface area is 88.1 Å². The fourth-order valence-corrected chi connectivity index (χ4v) is 1.55. The Bertz CT molecular complexity index is 265. The second kappa shape index (κ2) is 5.48. The Morgan fingerprint density at radius 3 is 2.33 bits per heavy atom. The van der Waals surface area contributed by atoms with Crippen LogP contribution in [0.5, 0.6) is 0 Å². The number of carbonyl (C=O) groups is 3. The Balaban J connectivity index is 2.22. The van der Waals surface area contributed by atoms with Gasteiger partial charge in [-0.15, -0.1) is 0 Å². The first-order valence-corrected chi connectivity index (χ1v) is 5.09. The van der Waals surface area contributed by atoms with E-state index in [0.717, 1.165) is 0 Å². The van der Waals surface area contributed by atoms with Crippen molar-refractivity contribution in [2.45, 2.75) is 32.1 Å². The monoisotopic (exact) mass is 212 g/mol. The molecule has 0 spiro atoms. The fourth-order valence-electron chi connectivity index (χ4n) is 1.55. The highest BCUT2D eigenvalue weighted by atomic mass is 16.4. The van der Waals surface area contributed by atoms with Crippen molar-refractivity contribution in [3.8, 4) is 0 Å². The van der Waals surface area contributed by atoms with Crippen LogP contribution in [0.25, 0.3) is 0 Å². The highest BCUT2D eigenvalue weighted by Gasteiger charge is 2.19. The third kappa shape index (κ3) is 4.10. The molecule has 0 unspecified atom stereocenters. The van der Waals surface area contributed by atoms with E-state index >= 15 is 0 Å². The number of carboxylic acids is 1. The van der Waals surface area contributed by atoms with Crippen molar-refractivity contribution in [3.05, 3.63) is 0 Å². The zero-order chi connectivity index (χ0) is 11.3. The normalized spacial score (nSPS) is 16.5. The molecular weight excluding hydrogens is 198 g/mol. The number of carboxylic acid groups (broad SMARTS) is 1. The van der Waals surface area contributed by atoms with E-state index in [1.165, 1.54) is 0 Å². The molecule has 0 aromatic heterocycles. The van der Waals surface area contributed by atoms with Crippen LogP contribution in [0.4, 0.5) is 0 Å². The molecule has 1 amide bonds. The zero-order valence-electron chi connectivity index (χ0n) is 8.53. The summed E-state index contributed by atoms with van der Waals surface area (Å²) in [4.78, 5) is 34.1. The van der Waals surface area contributed by atoms with Gasteiger partial charge in [-0.3, -0.25) is 9.59 Å². The number of hydrogen-bond acceptors (Lipinski definition) is 4. The number of aliphatic carboxylic acids is 1. The van der Waals surface area contributed by atoms with Crippen LogP contribution >= 0.6 is 0 Å². The molecule has 0 N–H and O–H groups in total. The van der Waals surface area contributed by atoms with Crippen molar-refractivity contribution in [1.29, 1.82) is 0 Å². The van der Waals surface area contributed by atoms with Crippen LogP contribution < -0.4 is 5.11 Å². The number of nitrogens with zero attached hydrogens (tertiary/aromatic N) is 1. The lowest BCUT2D eigenvalue weighted by molar-refractivity contribution is -0.305. The number of rotatable bonds is 4. The molecule has 1 rings (SSSR count). The smallest absolute Gasteiger partial charge is 0.222 e. The predicted molar refractivity (Wildman–Crippen MR) is 49.7 cm³/mol. The van der Waals surface area contributed by atoms with Gasteiger partial charge in [0.25, 0.3) is 0 Å². The van der Waals surface area contributed by atoms with Gasteiger partial charge in [0.2, 0.25) is 5.91 Å². The van der Waals surface area contributed by atoms with Gasteiger partial charge < -0.3 is 14.8 Å². The van der Waals surface area contributed by atoms with E-state index in [4.69, 9.17) is 0 Å². The fraction of sp³-hybridized carbons (Fsp3) is 0.700. The van der Waals surface area contributed by atoms with E-state index in [2.05, 4.69) is 0 Å². The zero-order valence-corrected chi connectivity index (χ0v) is 8.53. The van der Waals surface area contributed by atoms with Gasteiger partial charge in [-0.2, -0.15) is 0 Å². The quantitative estimate of drug-likeness (QED) is 0.605. The lowest BCUT2D eigenvalue weighted by atomic mass is 10.1. The Hall–Kier alpha value is -1.39. The summed E-state index contributed by atoms with van der Waals surface area (Å²) in [7, 11) is 0. The molecule has 15 heavy (non-hydrogen) atoms. The van der Waals surface area contributed by atoms with Crippen LogP contribution in [-0.4, -0.2) is 35.6 Å². The van der Waals surface area contributed by atoms with E-state index in [9.17, 15) is 19.5 Å². The number of hydrogen-bond donors (Lipinski definition) is 0. The molecule has 1 saturated heterocycles. The molecule has 84 valence electrons. The third-order valence-corrected chi connectivity index (χ3v) is 2.45. The summed E-state index contributed by atoms with van der Waals surface area (Å²) < 4.78 is 0. The van der Waals surface area contributed by atoms with Crippen molar-refractivity contribution >= 4 is 17.7 Å². The highest BCUT2D eigenvalue weighted by Crippen LogP contribution is 2.08. The lowest BCUT2D eigenvalue weighted by Crippen LogP contribution is -2.38. The molecule has 1 aliphatic heterocycles. The second-order valence-corrected chi connectivity index (χ2v) is 3.65. The van der Waals surface area contributed by atoms with E-state index in [-0.39, 0.29) is 24.5 Å². The van der Waals surface area contributed by atoms with Crippen molar-refractivity contribution in [2.75, 3.05) is 13.1 Å². The Morgan fingerprint density at radius 2 is 1.80 bits per heavy atom. The molecule has 0 radical (unpaired) electrons. The number of likely N-dealkylation sites (tertiary alicyclic amines) is 1. The van der Waals surface area contributed by atoms with Gasteiger partial charge in [0, 0.05) is 38.3 Å². The topological polar surface area (TPSA) is 77.5 Å². The number of carbonyl (C=O) groups excluding carboxylic acids is 3. The molecule has 0 atom stereocenters. The van der Waals surface area contributed by atoms with Gasteiger partial charge >= 0.3 is 0 Å². The Morgan fingerprint density at radius 1 is 1.20 bits per heavy atom. The van der Waals surface area contributed by atoms with Gasteiger partial charge in [0.15, 0.2) is 0 Å². The van der Waals surface area contributed by atoms with Gasteiger partial charge in [-0.25, -0.2) is 0 Å². The SMILES string of the molecule is O=C([O-])CCCC(=O)N1CCC(=O)CC1. The number of Topliss-reactive ketones (excluding diaryl/α,β-unsaturated/α-hetero) is 1. The molecule has 1 fully saturated rings. The standard InChI is InChI=1S/C10H15NO4/c12-8-4-6-11(7-5-8)9(13)2-1-3-10(14)15/h1-7H2,(H,14,15)/p-1. The molecule has 5 nitrogen and oxygen atoms in total. The summed E-state index contributed by atoms with van der Waals surface area (Å²) in [6.07, 6.45) is 1.30. The molecule has 0 aromatic carbocycles. The van der Waals surface area contributed by atoms with Crippen LogP contribution in [0.2, 0.25) is 0 Å². The van der Waals surface area contributed by atoms with Gasteiger partial charge in [0.1, 0.15) is 5.78 Å². The maximum atomic E-state index is 11.5. The van der Waals surface area contributed by atoms with E-state index < -0.39 is 5.97 Å². The average molecular weight is 212 g/mol. The molecular formula is C10H14NO4-. The number of piperidine rings is 1. The molecule has 0 aliphatic carbocycles. The summed E-state index contributed by atoms with van der Waals surface area (Å²) in [6, 6.07) is 0. The molecule has 1 aliphatic rings. The Kier molecular flexibility index (Phi) is 4.27. The second-order valence-electron chi connectivity index (χ2n) is 3.65. The summed E-state index contributed by atoms with van der Waals surface area (Å²) in [6.45, 7) is 0.950. The number of amides is 1. The van der Waals surface area contributed by atoms with Gasteiger partial charge in [-0.05, 0) is 12.8 Å². The first-order valence-electron chi connectivity index (χ1n) is 5.09. The predicted octanol–water partition coefficient (Wildman–Crippen LogP) is -0.902. The van der Waals surface area contributed by atoms with Crippen LogP contribution in [0.1, 0.15) is 32.1 Å².